The molecule has 0 aliphatic heterocycles. The minimum absolute atomic E-state index is 0.194. The van der Waals surface area contributed by atoms with Crippen LogP contribution in [0.2, 0.25) is 0 Å². The van der Waals surface area contributed by atoms with Crippen molar-refractivity contribution in [2.24, 2.45) is 0 Å². The average molecular weight is 398 g/mol. The molecule has 2 aromatic rings. The van der Waals surface area contributed by atoms with Gasteiger partial charge >= 0.3 is 11.9 Å². The lowest BCUT2D eigenvalue weighted by atomic mass is 10.1. The first-order valence-electron chi connectivity index (χ1n) is 9.01. The van der Waals surface area contributed by atoms with Crippen molar-refractivity contribution in [2.45, 2.75) is 33.8 Å². The van der Waals surface area contributed by atoms with Gasteiger partial charge in [-0.25, -0.2) is 9.59 Å². The third-order valence-corrected chi connectivity index (χ3v) is 4.17. The fourth-order valence-corrected chi connectivity index (χ4v) is 2.72. The number of benzene rings is 1. The number of rotatable bonds is 8. The number of aromatic nitrogens is 1. The van der Waals surface area contributed by atoms with Crippen LogP contribution in [0.25, 0.3) is 0 Å². The number of hydrogen-bond donors (Lipinski definition) is 1. The molecule has 0 amide bonds. The zero-order chi connectivity index (χ0) is 21.6. The van der Waals surface area contributed by atoms with Gasteiger partial charge in [-0.3, -0.25) is 4.79 Å². The first kappa shape index (κ1) is 21.7. The number of carbonyl (C=O) groups excluding carboxylic acids is 3. The molecule has 1 N–H and O–H groups in total. The van der Waals surface area contributed by atoms with E-state index in [1.54, 1.807) is 45.0 Å². The molecule has 8 nitrogen and oxygen atoms in total. The van der Waals surface area contributed by atoms with Crippen LogP contribution < -0.4 is 4.74 Å². The maximum absolute atomic E-state index is 12.4. The molecule has 1 atom stereocenters. The van der Waals surface area contributed by atoms with Gasteiger partial charge in [0.15, 0.2) is 12.7 Å². The second kappa shape index (κ2) is 9.55. The number of esters is 2. The number of nitrogens with one attached hydrogen (secondary N) is 1. The van der Waals surface area contributed by atoms with E-state index in [9.17, 15) is 14.4 Å². The number of aromatic amines is 1. The molecular formula is C21H22N2O6. The molecule has 0 aliphatic carbocycles. The lowest BCUT2D eigenvalue weighted by molar-refractivity contribution is -0.149. The van der Waals surface area contributed by atoms with Crippen LogP contribution in [0, 0.1) is 25.2 Å². The second-order valence-electron chi connectivity index (χ2n) is 6.27. The van der Waals surface area contributed by atoms with Crippen molar-refractivity contribution in [1.82, 2.24) is 4.98 Å². The maximum atomic E-state index is 12.4. The number of carbonyl (C=O) groups is 3. The Hall–Kier alpha value is -3.60. The van der Waals surface area contributed by atoms with Crippen LogP contribution in [0.4, 0.5) is 0 Å². The summed E-state index contributed by atoms with van der Waals surface area (Å²) in [5.74, 6) is -1.30. The highest BCUT2D eigenvalue weighted by molar-refractivity contribution is 6.02. The number of Topliss-reactive ketones (excluding diaryl/α,β-unsaturated/α-hetero) is 1. The van der Waals surface area contributed by atoms with Crippen LogP contribution in [-0.4, -0.2) is 42.0 Å². The summed E-state index contributed by atoms with van der Waals surface area (Å²) in [7, 11) is 0. The fraction of sp³-hybridized carbons (Fsp3) is 0.333. The first-order valence-corrected chi connectivity index (χ1v) is 9.01. The molecule has 0 fully saturated rings. The van der Waals surface area contributed by atoms with E-state index in [0.717, 1.165) is 0 Å². The molecule has 0 saturated heterocycles. The van der Waals surface area contributed by atoms with Gasteiger partial charge in [0.2, 0.25) is 5.78 Å². The molecule has 0 bridgehead atoms. The standard InChI is InChI=1S/C21H22N2O6/c1-5-27-21(26)18-12(2)19(23-13(18)3)17(24)11-28-20(25)14(4)29-16-8-6-15(10-22)7-9-16/h6-9,14,23H,5,11H2,1-4H3/t14-/m0/s1. The van der Waals surface area contributed by atoms with Gasteiger partial charge in [-0.15, -0.1) is 0 Å². The molecular weight excluding hydrogens is 376 g/mol. The molecule has 1 aromatic carbocycles. The smallest absolute Gasteiger partial charge is 0.347 e. The number of ketones is 1. The predicted molar refractivity (Wildman–Crippen MR) is 103 cm³/mol. The highest BCUT2D eigenvalue weighted by Gasteiger charge is 2.24. The summed E-state index contributed by atoms with van der Waals surface area (Å²) in [6.07, 6.45) is -0.947. The van der Waals surface area contributed by atoms with Crippen molar-refractivity contribution >= 4 is 17.7 Å². The Kier molecular flexibility index (Phi) is 7.15. The summed E-state index contributed by atoms with van der Waals surface area (Å²) < 4.78 is 15.5. The molecule has 1 aromatic heterocycles. The Morgan fingerprint density at radius 1 is 1.14 bits per heavy atom. The van der Waals surface area contributed by atoms with Crippen molar-refractivity contribution in [3.63, 3.8) is 0 Å². The molecule has 29 heavy (non-hydrogen) atoms. The van der Waals surface area contributed by atoms with E-state index in [4.69, 9.17) is 19.5 Å². The van der Waals surface area contributed by atoms with Crippen LogP contribution in [0.5, 0.6) is 5.75 Å². The molecule has 0 radical (unpaired) electrons. The van der Waals surface area contributed by atoms with E-state index < -0.39 is 30.4 Å². The van der Waals surface area contributed by atoms with Gasteiger partial charge in [-0.05, 0) is 57.5 Å². The summed E-state index contributed by atoms with van der Waals surface area (Å²) >= 11 is 0. The van der Waals surface area contributed by atoms with Crippen molar-refractivity contribution in [1.29, 1.82) is 5.26 Å². The van der Waals surface area contributed by atoms with Gasteiger partial charge in [-0.1, -0.05) is 0 Å². The molecule has 8 heteroatoms. The van der Waals surface area contributed by atoms with Crippen molar-refractivity contribution in [3.05, 3.63) is 52.3 Å². The number of nitriles is 1. The summed E-state index contributed by atoms with van der Waals surface area (Å²) in [6.45, 7) is 6.20. The molecule has 0 aliphatic rings. The minimum Gasteiger partial charge on any atom is -0.479 e. The third kappa shape index (κ3) is 5.23. The lowest BCUT2D eigenvalue weighted by Gasteiger charge is -2.13. The first-order chi connectivity index (χ1) is 13.8. The normalized spacial score (nSPS) is 11.3. The minimum atomic E-state index is -0.947. The summed E-state index contributed by atoms with van der Waals surface area (Å²) in [5.41, 5.74) is 1.92. The van der Waals surface area contributed by atoms with Gasteiger partial charge in [0, 0.05) is 5.69 Å². The predicted octanol–water partition coefficient (Wildman–Crippen LogP) is 2.87. The van der Waals surface area contributed by atoms with Crippen molar-refractivity contribution in [3.8, 4) is 11.8 Å². The van der Waals surface area contributed by atoms with Gasteiger partial charge in [0.25, 0.3) is 0 Å². The third-order valence-electron chi connectivity index (χ3n) is 4.17. The van der Waals surface area contributed by atoms with E-state index in [2.05, 4.69) is 4.98 Å². The van der Waals surface area contributed by atoms with Crippen molar-refractivity contribution in [2.75, 3.05) is 13.2 Å². The van der Waals surface area contributed by atoms with Crippen molar-refractivity contribution < 1.29 is 28.6 Å². The maximum Gasteiger partial charge on any atom is 0.347 e. The van der Waals surface area contributed by atoms with Crippen LogP contribution in [-0.2, 0) is 14.3 Å². The zero-order valence-corrected chi connectivity index (χ0v) is 16.7. The Bertz CT molecular complexity index is 953. The van der Waals surface area contributed by atoms with E-state index >= 15 is 0 Å². The van der Waals surface area contributed by atoms with E-state index in [1.165, 1.54) is 6.92 Å². The van der Waals surface area contributed by atoms with Crippen LogP contribution in [0.3, 0.4) is 0 Å². The Balaban J connectivity index is 1.97. The van der Waals surface area contributed by atoms with Crippen LogP contribution in [0.15, 0.2) is 24.3 Å². The number of H-pyrrole nitrogens is 1. The summed E-state index contributed by atoms with van der Waals surface area (Å²) in [6, 6.07) is 8.24. The Labute approximate surface area is 168 Å². The highest BCUT2D eigenvalue weighted by atomic mass is 16.6. The number of ether oxygens (including phenoxy) is 3. The largest absolute Gasteiger partial charge is 0.479 e. The van der Waals surface area contributed by atoms with Gasteiger partial charge in [0.1, 0.15) is 5.75 Å². The average Bonchev–Trinajstić information content (AvgIpc) is 3.00. The quantitative estimate of drug-likeness (QED) is 0.536. The molecule has 0 spiro atoms. The highest BCUT2D eigenvalue weighted by Crippen LogP contribution is 2.20. The summed E-state index contributed by atoms with van der Waals surface area (Å²) in [5, 5.41) is 8.78. The molecule has 0 unspecified atom stereocenters. The monoisotopic (exact) mass is 398 g/mol. The van der Waals surface area contributed by atoms with Gasteiger partial charge in [0.05, 0.1) is 29.5 Å². The molecule has 0 saturated carbocycles. The molecule has 152 valence electrons. The Morgan fingerprint density at radius 3 is 2.38 bits per heavy atom. The van der Waals surface area contributed by atoms with E-state index in [0.29, 0.717) is 28.1 Å². The fourth-order valence-electron chi connectivity index (χ4n) is 2.72. The van der Waals surface area contributed by atoms with Crippen LogP contribution in [0.1, 0.15) is 51.5 Å². The van der Waals surface area contributed by atoms with E-state index in [1.807, 2.05) is 6.07 Å². The SMILES string of the molecule is CCOC(=O)c1c(C)[nH]c(C(=O)COC(=O)[C@H](C)Oc2ccc(C#N)cc2)c1C. The number of aryl methyl sites for hydroxylation is 1. The lowest BCUT2D eigenvalue weighted by Crippen LogP contribution is -2.28. The van der Waals surface area contributed by atoms with Gasteiger partial charge in [-0.2, -0.15) is 5.26 Å². The topological polar surface area (TPSA) is 118 Å². The van der Waals surface area contributed by atoms with Gasteiger partial charge < -0.3 is 19.2 Å². The zero-order valence-electron chi connectivity index (χ0n) is 16.7. The van der Waals surface area contributed by atoms with E-state index in [-0.39, 0.29) is 12.3 Å². The number of nitrogens with zero attached hydrogens (tertiary/aromatic N) is 1. The number of hydrogen-bond acceptors (Lipinski definition) is 7. The molecule has 2 rings (SSSR count). The molecule has 1 heterocycles. The van der Waals surface area contributed by atoms with Crippen LogP contribution >= 0.6 is 0 Å². The Morgan fingerprint density at radius 2 is 1.79 bits per heavy atom. The second-order valence-corrected chi connectivity index (χ2v) is 6.27. The summed E-state index contributed by atoms with van der Waals surface area (Å²) in [4.78, 5) is 39.4.